The van der Waals surface area contributed by atoms with E-state index in [2.05, 4.69) is 17.1 Å². The van der Waals surface area contributed by atoms with E-state index < -0.39 is 0 Å². The van der Waals surface area contributed by atoms with Crippen LogP contribution >= 0.6 is 0 Å². The third-order valence-electron chi connectivity index (χ3n) is 6.02. The van der Waals surface area contributed by atoms with Crippen molar-refractivity contribution in [3.63, 3.8) is 0 Å². The molecule has 1 aromatic heterocycles. The summed E-state index contributed by atoms with van der Waals surface area (Å²) in [6.45, 7) is 1.25. The molecule has 30 heavy (non-hydrogen) atoms. The van der Waals surface area contributed by atoms with Crippen LogP contribution in [0.5, 0.6) is 5.75 Å². The number of hydrogen-bond donors (Lipinski definition) is 0. The molecular weight excluding hydrogens is 378 g/mol. The van der Waals surface area contributed by atoms with E-state index in [1.165, 1.54) is 0 Å². The standard InChI is InChI=1S/C24H27N3O3/c1-26-21-13-15-27(24(29)20-11-6-7-14-25-20)16-19(21)10-3-2-8-18-9-4-5-12-22(18)30-17-23(26)28/h2-7,9,11-12,14,19,21H,8,10,13,15-17H2,1H3/t19-,21+/m0/s1. The van der Waals surface area contributed by atoms with Crippen LogP contribution in [0.25, 0.3) is 0 Å². The van der Waals surface area contributed by atoms with E-state index in [1.54, 1.807) is 18.3 Å². The summed E-state index contributed by atoms with van der Waals surface area (Å²) in [6, 6.07) is 13.3. The monoisotopic (exact) mass is 405 g/mol. The van der Waals surface area contributed by atoms with E-state index in [1.807, 2.05) is 47.2 Å². The summed E-state index contributed by atoms with van der Waals surface area (Å²) < 4.78 is 5.84. The van der Waals surface area contributed by atoms with Crippen LogP contribution in [-0.2, 0) is 11.2 Å². The number of allylic oxidation sites excluding steroid dienone is 2. The number of amides is 2. The number of benzene rings is 1. The molecule has 0 unspecified atom stereocenters. The van der Waals surface area contributed by atoms with Gasteiger partial charge in [0.15, 0.2) is 6.61 Å². The van der Waals surface area contributed by atoms with E-state index in [4.69, 9.17) is 4.74 Å². The Bertz CT molecular complexity index is 928. The summed E-state index contributed by atoms with van der Waals surface area (Å²) >= 11 is 0. The smallest absolute Gasteiger partial charge is 0.272 e. The van der Waals surface area contributed by atoms with Crippen LogP contribution in [0.4, 0.5) is 0 Å². The molecule has 0 aliphatic carbocycles. The van der Waals surface area contributed by atoms with Crippen LogP contribution in [0, 0.1) is 5.92 Å². The Labute approximate surface area is 177 Å². The van der Waals surface area contributed by atoms with Crippen molar-refractivity contribution in [1.29, 1.82) is 0 Å². The number of piperidine rings is 1. The minimum atomic E-state index is -0.0459. The Morgan fingerprint density at radius 2 is 1.97 bits per heavy atom. The lowest BCUT2D eigenvalue weighted by Crippen LogP contribution is -2.53. The number of hydrogen-bond acceptors (Lipinski definition) is 4. The Morgan fingerprint density at radius 3 is 2.80 bits per heavy atom. The van der Waals surface area contributed by atoms with Crippen molar-refractivity contribution in [1.82, 2.24) is 14.8 Å². The van der Waals surface area contributed by atoms with Crippen molar-refractivity contribution < 1.29 is 14.3 Å². The summed E-state index contributed by atoms with van der Waals surface area (Å²) in [5, 5.41) is 0. The third kappa shape index (κ3) is 4.37. The molecule has 0 radical (unpaired) electrons. The number of likely N-dealkylation sites (N-methyl/N-ethyl adjacent to an activating group) is 1. The number of carbonyl (C=O) groups excluding carboxylic acids is 2. The van der Waals surface area contributed by atoms with Gasteiger partial charge in [0.05, 0.1) is 0 Å². The molecule has 0 N–H and O–H groups in total. The van der Waals surface area contributed by atoms with Gasteiger partial charge in [0, 0.05) is 38.3 Å². The van der Waals surface area contributed by atoms with Crippen LogP contribution in [0.1, 0.15) is 28.9 Å². The maximum Gasteiger partial charge on any atom is 0.272 e. The van der Waals surface area contributed by atoms with E-state index in [-0.39, 0.29) is 30.4 Å². The fourth-order valence-corrected chi connectivity index (χ4v) is 4.32. The summed E-state index contributed by atoms with van der Waals surface area (Å²) in [4.78, 5) is 33.6. The average molecular weight is 405 g/mol. The second kappa shape index (κ2) is 9.11. The molecule has 3 heterocycles. The maximum atomic E-state index is 12.9. The predicted octanol–water partition coefficient (Wildman–Crippen LogP) is 2.95. The molecule has 6 heteroatoms. The SMILES string of the molecule is CN1C(=O)COc2ccccc2CC=CC[C@H]2CN(C(=O)c3ccccn3)CC[C@H]21. The van der Waals surface area contributed by atoms with E-state index in [9.17, 15) is 9.59 Å². The first kappa shape index (κ1) is 20.1. The molecule has 4 rings (SSSR count). The zero-order valence-corrected chi connectivity index (χ0v) is 17.2. The number of fused-ring (bicyclic) bond motifs is 2. The molecule has 156 valence electrons. The highest BCUT2D eigenvalue weighted by atomic mass is 16.5. The lowest BCUT2D eigenvalue weighted by molar-refractivity contribution is -0.136. The topological polar surface area (TPSA) is 62.7 Å². The third-order valence-corrected chi connectivity index (χ3v) is 6.02. The number of carbonyl (C=O) groups is 2. The van der Waals surface area contributed by atoms with Crippen molar-refractivity contribution in [2.45, 2.75) is 25.3 Å². The molecule has 2 aliphatic heterocycles. The molecule has 6 nitrogen and oxygen atoms in total. The summed E-state index contributed by atoms with van der Waals surface area (Å²) in [6.07, 6.45) is 8.29. The van der Waals surface area contributed by atoms with Gasteiger partial charge in [0.1, 0.15) is 11.4 Å². The van der Waals surface area contributed by atoms with Gasteiger partial charge in [-0.3, -0.25) is 14.6 Å². The van der Waals surface area contributed by atoms with Crippen molar-refractivity contribution in [3.8, 4) is 5.75 Å². The Hall–Kier alpha value is -3.15. The normalized spacial score (nSPS) is 22.2. The van der Waals surface area contributed by atoms with Crippen molar-refractivity contribution in [2.24, 2.45) is 5.92 Å². The Balaban J connectivity index is 1.54. The van der Waals surface area contributed by atoms with Gasteiger partial charge in [-0.2, -0.15) is 0 Å². The van der Waals surface area contributed by atoms with Crippen LogP contribution in [0.15, 0.2) is 60.8 Å². The lowest BCUT2D eigenvalue weighted by atomic mass is 9.87. The number of rotatable bonds is 1. The molecule has 2 aromatic rings. The van der Waals surface area contributed by atoms with Crippen molar-refractivity contribution in [3.05, 3.63) is 72.1 Å². The molecule has 1 fully saturated rings. The summed E-state index contributed by atoms with van der Waals surface area (Å²) in [5.41, 5.74) is 1.53. The van der Waals surface area contributed by atoms with Gasteiger partial charge < -0.3 is 14.5 Å². The van der Waals surface area contributed by atoms with Gasteiger partial charge >= 0.3 is 0 Å². The van der Waals surface area contributed by atoms with Gasteiger partial charge in [0.25, 0.3) is 11.8 Å². The van der Waals surface area contributed by atoms with Crippen LogP contribution < -0.4 is 4.74 Å². The lowest BCUT2D eigenvalue weighted by Gasteiger charge is -2.42. The predicted molar refractivity (Wildman–Crippen MR) is 114 cm³/mol. The largest absolute Gasteiger partial charge is 0.483 e. The zero-order valence-electron chi connectivity index (χ0n) is 17.2. The van der Waals surface area contributed by atoms with Crippen LogP contribution in [0.2, 0.25) is 0 Å². The van der Waals surface area contributed by atoms with Gasteiger partial charge in [-0.05, 0) is 43.0 Å². The summed E-state index contributed by atoms with van der Waals surface area (Å²) in [5.74, 6) is 0.854. The molecular formula is C24H27N3O3. The molecule has 2 aliphatic rings. The minimum Gasteiger partial charge on any atom is -0.483 e. The first-order valence-electron chi connectivity index (χ1n) is 10.4. The fraction of sp³-hybridized carbons (Fsp3) is 0.375. The summed E-state index contributed by atoms with van der Waals surface area (Å²) in [7, 11) is 1.85. The molecule has 1 saturated heterocycles. The second-order valence-electron chi connectivity index (χ2n) is 7.89. The molecule has 0 bridgehead atoms. The minimum absolute atomic E-state index is 0.0248. The Kier molecular flexibility index (Phi) is 6.12. The van der Waals surface area contributed by atoms with Crippen molar-refractivity contribution in [2.75, 3.05) is 26.7 Å². The highest BCUT2D eigenvalue weighted by Gasteiger charge is 2.35. The van der Waals surface area contributed by atoms with Crippen LogP contribution in [0.3, 0.4) is 0 Å². The van der Waals surface area contributed by atoms with Gasteiger partial charge in [-0.15, -0.1) is 0 Å². The van der Waals surface area contributed by atoms with Crippen molar-refractivity contribution >= 4 is 11.8 Å². The van der Waals surface area contributed by atoms with Crippen LogP contribution in [-0.4, -0.2) is 59.4 Å². The van der Waals surface area contributed by atoms with E-state index >= 15 is 0 Å². The molecule has 1 aromatic carbocycles. The molecule has 2 atom stereocenters. The first-order valence-corrected chi connectivity index (χ1v) is 10.4. The number of nitrogens with zero attached hydrogens (tertiary/aromatic N) is 3. The molecule has 0 saturated carbocycles. The zero-order chi connectivity index (χ0) is 20.9. The highest BCUT2D eigenvalue weighted by molar-refractivity contribution is 5.92. The second-order valence-corrected chi connectivity index (χ2v) is 7.89. The number of para-hydroxylation sites is 1. The number of ether oxygens (including phenoxy) is 1. The molecule has 0 spiro atoms. The van der Waals surface area contributed by atoms with Gasteiger partial charge in [-0.25, -0.2) is 0 Å². The molecule has 2 amide bonds. The number of pyridine rings is 1. The average Bonchev–Trinajstić information content (AvgIpc) is 2.79. The highest BCUT2D eigenvalue weighted by Crippen LogP contribution is 2.27. The fourth-order valence-electron chi connectivity index (χ4n) is 4.32. The first-order chi connectivity index (χ1) is 14.6. The quantitative estimate of drug-likeness (QED) is 0.685. The van der Waals surface area contributed by atoms with Gasteiger partial charge in [-0.1, -0.05) is 36.4 Å². The number of likely N-dealkylation sites (tertiary alicyclic amines) is 1. The maximum absolute atomic E-state index is 12.9. The van der Waals surface area contributed by atoms with Gasteiger partial charge in [0.2, 0.25) is 0 Å². The number of aromatic nitrogens is 1. The van der Waals surface area contributed by atoms with E-state index in [0.717, 1.165) is 30.6 Å². The Morgan fingerprint density at radius 1 is 1.13 bits per heavy atom. The van der Waals surface area contributed by atoms with E-state index in [0.29, 0.717) is 18.8 Å².